The number of unbranched alkanes of at least 4 members (excludes halogenated alkanes) is 11. The van der Waals surface area contributed by atoms with Crippen LogP contribution in [-0.2, 0) is 19.1 Å². The van der Waals surface area contributed by atoms with E-state index in [1.807, 2.05) is 0 Å². The lowest BCUT2D eigenvalue weighted by Gasteiger charge is -2.26. The van der Waals surface area contributed by atoms with Crippen molar-refractivity contribution in [3.05, 3.63) is 0 Å². The van der Waals surface area contributed by atoms with Gasteiger partial charge in [0.15, 0.2) is 0 Å². The van der Waals surface area contributed by atoms with E-state index in [0.29, 0.717) is 6.42 Å². The van der Waals surface area contributed by atoms with Gasteiger partial charge < -0.3 is 9.47 Å². The Morgan fingerprint density at radius 1 is 0.667 bits per heavy atom. The van der Waals surface area contributed by atoms with Gasteiger partial charge in [-0.25, -0.2) is 0 Å². The molecule has 0 spiro atoms. The Labute approximate surface area is 167 Å². The summed E-state index contributed by atoms with van der Waals surface area (Å²) in [6.45, 7) is 4.32. The van der Waals surface area contributed by atoms with E-state index in [2.05, 4.69) is 18.6 Å². The van der Waals surface area contributed by atoms with Gasteiger partial charge in [0, 0.05) is 6.42 Å². The minimum atomic E-state index is -0.330. The summed E-state index contributed by atoms with van der Waals surface area (Å²) in [4.78, 5) is 23.3. The molecule has 0 aromatic carbocycles. The minimum absolute atomic E-state index is 0.0495. The molecule has 0 fully saturated rings. The zero-order valence-electron chi connectivity index (χ0n) is 18.4. The van der Waals surface area contributed by atoms with Crippen molar-refractivity contribution in [1.82, 2.24) is 0 Å². The van der Waals surface area contributed by atoms with E-state index < -0.39 is 0 Å². The molecule has 160 valence electrons. The fourth-order valence-corrected chi connectivity index (χ4v) is 3.64. The summed E-state index contributed by atoms with van der Waals surface area (Å²) in [7, 11) is 2.94. The van der Waals surface area contributed by atoms with Gasteiger partial charge in [0.25, 0.3) is 0 Å². The lowest BCUT2D eigenvalue weighted by molar-refractivity contribution is -0.152. The van der Waals surface area contributed by atoms with E-state index in [1.165, 1.54) is 52.7 Å². The molecule has 0 aromatic heterocycles. The lowest BCUT2D eigenvalue weighted by atomic mass is 9.79. The molecule has 0 heterocycles. The molecule has 1 atom stereocenters. The zero-order chi connectivity index (χ0) is 20.4. The van der Waals surface area contributed by atoms with Gasteiger partial charge in [0.2, 0.25) is 0 Å². The number of esters is 2. The molecule has 0 N–H and O–H groups in total. The molecule has 4 nitrogen and oxygen atoms in total. The fraction of sp³-hybridized carbons (Fsp3) is 0.913. The first-order valence-corrected chi connectivity index (χ1v) is 11.2. The second-order valence-corrected chi connectivity index (χ2v) is 8.12. The first kappa shape index (κ1) is 25.9. The molecule has 27 heavy (non-hydrogen) atoms. The highest BCUT2D eigenvalue weighted by atomic mass is 16.5. The molecular formula is C23H44O4. The number of methoxy groups -OCH3 is 2. The molecule has 0 aromatic rings. The molecular weight excluding hydrogens is 340 g/mol. The quantitative estimate of drug-likeness (QED) is 0.197. The van der Waals surface area contributed by atoms with E-state index >= 15 is 0 Å². The largest absolute Gasteiger partial charge is 0.469 e. The van der Waals surface area contributed by atoms with Crippen molar-refractivity contribution in [1.29, 1.82) is 0 Å². The highest BCUT2D eigenvalue weighted by molar-refractivity contribution is 5.76. The Bertz CT molecular complexity index is 381. The van der Waals surface area contributed by atoms with Crippen LogP contribution in [0.2, 0.25) is 0 Å². The van der Waals surface area contributed by atoms with Crippen LogP contribution in [-0.4, -0.2) is 26.2 Å². The minimum Gasteiger partial charge on any atom is -0.469 e. The third-order valence-corrected chi connectivity index (χ3v) is 5.60. The summed E-state index contributed by atoms with van der Waals surface area (Å²) in [5.74, 6) is -0.166. The van der Waals surface area contributed by atoms with Crippen LogP contribution in [0.15, 0.2) is 0 Å². The van der Waals surface area contributed by atoms with Crippen molar-refractivity contribution in [2.45, 2.75) is 117 Å². The van der Waals surface area contributed by atoms with Crippen molar-refractivity contribution in [3.63, 3.8) is 0 Å². The Hall–Kier alpha value is -1.06. The van der Waals surface area contributed by atoms with Gasteiger partial charge in [-0.15, -0.1) is 0 Å². The van der Waals surface area contributed by atoms with Gasteiger partial charge in [0.05, 0.1) is 19.6 Å². The number of rotatable bonds is 18. The van der Waals surface area contributed by atoms with Crippen molar-refractivity contribution in [2.24, 2.45) is 5.41 Å². The normalized spacial score (nSPS) is 13.2. The van der Waals surface area contributed by atoms with Crippen LogP contribution in [0.4, 0.5) is 0 Å². The highest BCUT2D eigenvalue weighted by Crippen LogP contribution is 2.33. The van der Waals surface area contributed by atoms with E-state index in [1.54, 1.807) is 0 Å². The number of carbonyl (C=O) groups is 2. The molecule has 0 bridgehead atoms. The molecule has 4 heteroatoms. The molecule has 0 aliphatic heterocycles. The second kappa shape index (κ2) is 17.1. The molecule has 0 radical (unpaired) electrons. The first-order valence-electron chi connectivity index (χ1n) is 11.2. The number of carbonyl (C=O) groups excluding carboxylic acids is 2. The maximum Gasteiger partial charge on any atom is 0.311 e. The van der Waals surface area contributed by atoms with Gasteiger partial charge in [-0.2, -0.15) is 0 Å². The van der Waals surface area contributed by atoms with Crippen LogP contribution in [0.1, 0.15) is 117 Å². The zero-order valence-corrected chi connectivity index (χ0v) is 18.4. The predicted octanol–water partition coefficient (Wildman–Crippen LogP) is 6.60. The Morgan fingerprint density at radius 3 is 1.56 bits per heavy atom. The average molecular weight is 385 g/mol. The number of ether oxygens (including phenoxy) is 2. The van der Waals surface area contributed by atoms with Crippen molar-refractivity contribution >= 4 is 11.9 Å². The van der Waals surface area contributed by atoms with E-state index in [-0.39, 0.29) is 17.4 Å². The summed E-state index contributed by atoms with van der Waals surface area (Å²) in [5.41, 5.74) is -0.330. The maximum atomic E-state index is 12.3. The SMILES string of the molecule is CCCCCCCCCC(C)(CCCCCCCCC(=O)OC)C(=O)OC. The van der Waals surface area contributed by atoms with Gasteiger partial charge in [0.1, 0.15) is 0 Å². The topological polar surface area (TPSA) is 52.6 Å². The molecule has 0 rings (SSSR count). The molecule has 0 saturated carbocycles. The highest BCUT2D eigenvalue weighted by Gasteiger charge is 2.32. The van der Waals surface area contributed by atoms with Crippen molar-refractivity contribution in [3.8, 4) is 0 Å². The summed E-state index contributed by atoms with van der Waals surface area (Å²) in [5, 5.41) is 0. The van der Waals surface area contributed by atoms with Crippen LogP contribution in [0.3, 0.4) is 0 Å². The van der Waals surface area contributed by atoms with E-state index in [0.717, 1.165) is 57.8 Å². The van der Waals surface area contributed by atoms with E-state index in [9.17, 15) is 9.59 Å². The lowest BCUT2D eigenvalue weighted by Crippen LogP contribution is -2.29. The number of hydrogen-bond acceptors (Lipinski definition) is 4. The monoisotopic (exact) mass is 384 g/mol. The smallest absolute Gasteiger partial charge is 0.311 e. The van der Waals surface area contributed by atoms with Crippen LogP contribution in [0.5, 0.6) is 0 Å². The van der Waals surface area contributed by atoms with Crippen LogP contribution in [0, 0.1) is 5.41 Å². The van der Waals surface area contributed by atoms with Gasteiger partial charge in [-0.3, -0.25) is 9.59 Å². The summed E-state index contributed by atoms with van der Waals surface area (Å²) in [6.07, 6.45) is 17.8. The Kier molecular flexibility index (Phi) is 16.4. The van der Waals surface area contributed by atoms with Crippen molar-refractivity contribution in [2.75, 3.05) is 14.2 Å². The van der Waals surface area contributed by atoms with Gasteiger partial charge in [-0.1, -0.05) is 84.0 Å². The van der Waals surface area contributed by atoms with Crippen molar-refractivity contribution < 1.29 is 19.1 Å². The molecule has 0 aliphatic rings. The van der Waals surface area contributed by atoms with Crippen LogP contribution < -0.4 is 0 Å². The molecule has 0 aliphatic carbocycles. The first-order chi connectivity index (χ1) is 13.0. The third kappa shape index (κ3) is 13.7. The average Bonchev–Trinajstić information content (AvgIpc) is 2.68. The predicted molar refractivity (Wildman–Crippen MR) is 112 cm³/mol. The van der Waals surface area contributed by atoms with Crippen LogP contribution >= 0.6 is 0 Å². The second-order valence-electron chi connectivity index (χ2n) is 8.12. The Morgan fingerprint density at radius 2 is 1.11 bits per heavy atom. The summed E-state index contributed by atoms with van der Waals surface area (Å²) in [6, 6.07) is 0. The fourth-order valence-electron chi connectivity index (χ4n) is 3.64. The van der Waals surface area contributed by atoms with E-state index in [4.69, 9.17) is 4.74 Å². The van der Waals surface area contributed by atoms with Crippen LogP contribution in [0.25, 0.3) is 0 Å². The number of hydrogen-bond donors (Lipinski definition) is 0. The molecule has 0 amide bonds. The maximum absolute atomic E-state index is 12.3. The standard InChI is InChI=1S/C23H44O4/c1-5-6-7-8-10-13-16-19-23(2,22(25)27-4)20-17-14-11-9-12-15-18-21(24)26-3/h5-20H2,1-4H3. The Balaban J connectivity index is 3.91. The summed E-state index contributed by atoms with van der Waals surface area (Å²) < 4.78 is 9.73. The summed E-state index contributed by atoms with van der Waals surface area (Å²) >= 11 is 0. The van der Waals surface area contributed by atoms with Gasteiger partial charge >= 0.3 is 11.9 Å². The molecule has 0 saturated heterocycles. The van der Waals surface area contributed by atoms with Gasteiger partial charge in [-0.05, 0) is 26.2 Å². The third-order valence-electron chi connectivity index (χ3n) is 5.60. The molecule has 1 unspecified atom stereocenters.